The summed E-state index contributed by atoms with van der Waals surface area (Å²) in [6.07, 6.45) is -0.0473. The van der Waals surface area contributed by atoms with E-state index in [1.54, 1.807) is 47.7 Å². The van der Waals surface area contributed by atoms with Crippen LogP contribution in [0.5, 0.6) is 40.2 Å². The molecule has 5 aromatic rings. The molecule has 1 aromatic heterocycles. The maximum atomic E-state index is 6.11. The maximum absolute atomic E-state index is 6.11. The predicted molar refractivity (Wildman–Crippen MR) is 182 cm³/mol. The molecular formula is C37H39N3O8. The fourth-order valence-corrected chi connectivity index (χ4v) is 5.64. The molecule has 1 atom stereocenters. The van der Waals surface area contributed by atoms with Crippen molar-refractivity contribution in [2.24, 2.45) is 0 Å². The summed E-state index contributed by atoms with van der Waals surface area (Å²) in [6, 6.07) is 23.4. The fraction of sp³-hybridized carbons (Fsp3) is 0.270. The Morgan fingerprint density at radius 3 is 2.06 bits per heavy atom. The Morgan fingerprint density at radius 1 is 0.667 bits per heavy atom. The molecule has 4 aromatic carbocycles. The highest BCUT2D eigenvalue weighted by atomic mass is 16.6. The second kappa shape index (κ2) is 14.5. The first kappa shape index (κ1) is 32.4. The number of anilines is 1. The smallest absolute Gasteiger partial charge is 0.203 e. The summed E-state index contributed by atoms with van der Waals surface area (Å²) in [5, 5.41) is 11.4. The van der Waals surface area contributed by atoms with Gasteiger partial charge in [-0.05, 0) is 66.6 Å². The molecule has 0 bridgehead atoms. The zero-order chi connectivity index (χ0) is 33.6. The van der Waals surface area contributed by atoms with E-state index in [4.69, 9.17) is 37.7 Å². The number of aromatic nitrogens is 1. The highest BCUT2D eigenvalue weighted by Crippen LogP contribution is 2.42. The molecule has 0 radical (unpaired) electrons. The van der Waals surface area contributed by atoms with E-state index in [0.29, 0.717) is 51.7 Å². The zero-order valence-electron chi connectivity index (χ0n) is 27.8. The summed E-state index contributed by atoms with van der Waals surface area (Å²) in [5.74, 6) is 4.45. The monoisotopic (exact) mass is 653 g/mol. The Morgan fingerprint density at radius 2 is 1.35 bits per heavy atom. The largest absolute Gasteiger partial charge is 0.493 e. The van der Waals surface area contributed by atoms with Gasteiger partial charge in [0.05, 0.1) is 35.5 Å². The molecule has 2 heterocycles. The molecule has 0 saturated heterocycles. The molecule has 6 rings (SSSR count). The van der Waals surface area contributed by atoms with Crippen LogP contribution >= 0.6 is 0 Å². The standard InChI is InChI=1S/C37H39N3O8/c1-22-7-10-27-26(15-22)21-38-37(39-27)24-9-12-30(32(17-24)42-3)46-13-14-47-33-16-23(8-11-29(33)41-2)28-20-31(48-40-28)25-18-34(43-4)36(45-6)35(19-25)44-5/h7-12,15-20,37-39H,13-14,21H2,1-6H3. The molecule has 0 spiro atoms. The van der Waals surface area contributed by atoms with Gasteiger partial charge in [0.25, 0.3) is 0 Å². The quantitative estimate of drug-likeness (QED) is 0.128. The molecule has 11 heteroatoms. The van der Waals surface area contributed by atoms with Crippen LogP contribution in [-0.2, 0) is 6.54 Å². The van der Waals surface area contributed by atoms with Gasteiger partial charge in [-0.15, -0.1) is 0 Å². The van der Waals surface area contributed by atoms with Crippen LogP contribution in [0.15, 0.2) is 77.3 Å². The van der Waals surface area contributed by atoms with Crippen LogP contribution in [0.4, 0.5) is 5.69 Å². The minimum atomic E-state index is -0.0473. The third-order valence-electron chi connectivity index (χ3n) is 8.10. The SMILES string of the molecule is COc1cc(C2NCc3cc(C)ccc3N2)ccc1OCCOc1cc(-c2cc(-c3cc(OC)c(OC)c(OC)c3)on2)ccc1OC. The first-order chi connectivity index (χ1) is 23.4. The van der Waals surface area contributed by atoms with Gasteiger partial charge in [-0.3, -0.25) is 5.32 Å². The van der Waals surface area contributed by atoms with E-state index >= 15 is 0 Å². The number of benzene rings is 4. The number of rotatable bonds is 13. The molecular weight excluding hydrogens is 614 g/mol. The Bertz CT molecular complexity index is 1860. The van der Waals surface area contributed by atoms with E-state index in [1.165, 1.54) is 11.1 Å². The molecule has 0 saturated carbocycles. The Hall–Kier alpha value is -5.55. The first-order valence-corrected chi connectivity index (χ1v) is 15.4. The number of methoxy groups -OCH3 is 5. The van der Waals surface area contributed by atoms with Crippen molar-refractivity contribution in [2.75, 3.05) is 54.1 Å². The number of nitrogens with zero attached hydrogens (tertiary/aromatic N) is 1. The molecule has 1 aliphatic rings. The number of aryl methyl sites for hydroxylation is 1. The van der Waals surface area contributed by atoms with Gasteiger partial charge in [-0.25, -0.2) is 0 Å². The number of nitrogens with one attached hydrogen (secondary N) is 2. The van der Waals surface area contributed by atoms with Crippen molar-refractivity contribution in [1.29, 1.82) is 0 Å². The van der Waals surface area contributed by atoms with E-state index in [-0.39, 0.29) is 19.4 Å². The van der Waals surface area contributed by atoms with E-state index < -0.39 is 0 Å². The van der Waals surface area contributed by atoms with Crippen LogP contribution < -0.4 is 43.8 Å². The van der Waals surface area contributed by atoms with Crippen molar-refractivity contribution < 1.29 is 37.7 Å². The van der Waals surface area contributed by atoms with E-state index in [9.17, 15) is 0 Å². The third-order valence-corrected chi connectivity index (χ3v) is 8.10. The van der Waals surface area contributed by atoms with Gasteiger partial charge in [0.1, 0.15) is 25.1 Å². The van der Waals surface area contributed by atoms with Gasteiger partial charge < -0.3 is 43.0 Å². The zero-order valence-corrected chi connectivity index (χ0v) is 27.8. The van der Waals surface area contributed by atoms with Crippen LogP contribution in [0.25, 0.3) is 22.6 Å². The summed E-state index contributed by atoms with van der Waals surface area (Å²) in [6.45, 7) is 3.43. The Balaban J connectivity index is 1.11. The molecule has 1 aliphatic heterocycles. The molecule has 11 nitrogen and oxygen atoms in total. The highest BCUT2D eigenvalue weighted by molar-refractivity contribution is 5.72. The van der Waals surface area contributed by atoms with E-state index in [2.05, 4.69) is 40.9 Å². The van der Waals surface area contributed by atoms with Gasteiger partial charge in [-0.1, -0.05) is 28.9 Å². The average Bonchev–Trinajstić information content (AvgIpc) is 3.63. The lowest BCUT2D eigenvalue weighted by molar-refractivity contribution is 0.206. The minimum absolute atomic E-state index is 0.0473. The number of hydrogen-bond acceptors (Lipinski definition) is 11. The van der Waals surface area contributed by atoms with Gasteiger partial charge in [0.2, 0.25) is 5.75 Å². The van der Waals surface area contributed by atoms with Crippen LogP contribution in [-0.4, -0.2) is 53.9 Å². The summed E-state index contributed by atoms with van der Waals surface area (Å²) < 4.78 is 45.5. The van der Waals surface area contributed by atoms with Crippen molar-refractivity contribution in [2.45, 2.75) is 19.6 Å². The van der Waals surface area contributed by atoms with Gasteiger partial charge in [0.15, 0.2) is 40.3 Å². The van der Waals surface area contributed by atoms with Crippen LogP contribution in [0.3, 0.4) is 0 Å². The van der Waals surface area contributed by atoms with E-state index in [1.807, 2.05) is 42.5 Å². The lowest BCUT2D eigenvalue weighted by atomic mass is 10.0. The summed E-state index contributed by atoms with van der Waals surface area (Å²) in [5.41, 5.74) is 6.79. The predicted octanol–water partition coefficient (Wildman–Crippen LogP) is 7.03. The lowest BCUT2D eigenvalue weighted by Gasteiger charge is -2.29. The van der Waals surface area contributed by atoms with Gasteiger partial charge in [0, 0.05) is 29.4 Å². The fourth-order valence-electron chi connectivity index (χ4n) is 5.64. The van der Waals surface area contributed by atoms with Crippen molar-refractivity contribution in [1.82, 2.24) is 10.5 Å². The third kappa shape index (κ3) is 6.77. The minimum Gasteiger partial charge on any atom is -0.493 e. The van der Waals surface area contributed by atoms with Crippen molar-refractivity contribution in [3.8, 4) is 62.8 Å². The van der Waals surface area contributed by atoms with Crippen molar-refractivity contribution in [3.63, 3.8) is 0 Å². The molecule has 0 fully saturated rings. The number of hydrogen-bond donors (Lipinski definition) is 2. The summed E-state index contributed by atoms with van der Waals surface area (Å²) in [4.78, 5) is 0. The molecule has 0 amide bonds. The maximum Gasteiger partial charge on any atom is 0.203 e. The summed E-state index contributed by atoms with van der Waals surface area (Å²) in [7, 11) is 7.92. The second-order valence-corrected chi connectivity index (χ2v) is 11.1. The molecule has 48 heavy (non-hydrogen) atoms. The molecule has 0 aliphatic carbocycles. The van der Waals surface area contributed by atoms with Gasteiger partial charge in [-0.2, -0.15) is 0 Å². The first-order valence-electron chi connectivity index (χ1n) is 15.4. The van der Waals surface area contributed by atoms with E-state index in [0.717, 1.165) is 28.9 Å². The van der Waals surface area contributed by atoms with Crippen molar-refractivity contribution in [3.05, 3.63) is 89.5 Å². The topological polar surface area (TPSA) is 115 Å². The number of fused-ring (bicyclic) bond motifs is 1. The van der Waals surface area contributed by atoms with Crippen LogP contribution in [0.2, 0.25) is 0 Å². The Kier molecular flexibility index (Phi) is 9.77. The van der Waals surface area contributed by atoms with Gasteiger partial charge >= 0.3 is 0 Å². The van der Waals surface area contributed by atoms with Crippen LogP contribution in [0, 0.1) is 6.92 Å². The highest BCUT2D eigenvalue weighted by Gasteiger charge is 2.21. The average molecular weight is 654 g/mol. The second-order valence-electron chi connectivity index (χ2n) is 11.1. The normalized spacial score (nSPS) is 13.6. The summed E-state index contributed by atoms with van der Waals surface area (Å²) >= 11 is 0. The molecule has 1 unspecified atom stereocenters. The lowest BCUT2D eigenvalue weighted by Crippen LogP contribution is -2.32. The van der Waals surface area contributed by atoms with Crippen molar-refractivity contribution >= 4 is 5.69 Å². The molecule has 2 N–H and O–H groups in total. The van der Waals surface area contributed by atoms with Crippen LogP contribution in [0.1, 0.15) is 22.9 Å². The number of ether oxygens (including phenoxy) is 7. The Labute approximate surface area is 279 Å². The molecule has 250 valence electrons.